The summed E-state index contributed by atoms with van der Waals surface area (Å²) < 4.78 is 5.20. The molecule has 2 aromatic carbocycles. The lowest BCUT2D eigenvalue weighted by Crippen LogP contribution is -2.30. The van der Waals surface area contributed by atoms with Gasteiger partial charge in [0.05, 0.1) is 24.3 Å². The van der Waals surface area contributed by atoms with E-state index in [1.807, 2.05) is 0 Å². The Bertz CT molecular complexity index is 1010. The molecule has 4 N–H and O–H groups in total. The number of nitrogens with zero attached hydrogens (tertiary/aromatic N) is 1. The van der Waals surface area contributed by atoms with Crippen molar-refractivity contribution in [3.8, 4) is 5.75 Å². The largest absolute Gasteiger partial charge is 0.497 e. The summed E-state index contributed by atoms with van der Waals surface area (Å²) in [5.41, 5.74) is 6.33. The second-order valence-corrected chi connectivity index (χ2v) is 7.11. The third-order valence-electron chi connectivity index (χ3n) is 4.95. The maximum absolute atomic E-state index is 12.8. The van der Waals surface area contributed by atoms with Crippen molar-refractivity contribution in [2.45, 2.75) is 12.8 Å². The molecule has 9 nitrogen and oxygen atoms in total. The minimum absolute atomic E-state index is 0.0184. The molecule has 162 valence electrons. The number of amides is 4. The Hall–Kier alpha value is -3.88. The van der Waals surface area contributed by atoms with Crippen molar-refractivity contribution in [1.29, 1.82) is 0 Å². The highest BCUT2D eigenvalue weighted by atomic mass is 16.5. The average Bonchev–Trinajstić information content (AvgIpc) is 3.15. The van der Waals surface area contributed by atoms with Gasteiger partial charge in [-0.2, -0.15) is 0 Å². The Labute approximate surface area is 179 Å². The molecule has 9 heteroatoms. The third kappa shape index (κ3) is 5.39. The molecule has 1 saturated heterocycles. The summed E-state index contributed by atoms with van der Waals surface area (Å²) in [5.74, 6) is -1.41. The van der Waals surface area contributed by atoms with Crippen LogP contribution in [0, 0.1) is 5.92 Å². The van der Waals surface area contributed by atoms with E-state index in [0.717, 1.165) is 0 Å². The van der Waals surface area contributed by atoms with Crippen molar-refractivity contribution in [3.63, 3.8) is 0 Å². The maximum atomic E-state index is 12.8. The fourth-order valence-corrected chi connectivity index (χ4v) is 3.33. The smallest absolute Gasteiger partial charge is 0.253 e. The van der Waals surface area contributed by atoms with E-state index in [2.05, 4.69) is 10.6 Å². The van der Waals surface area contributed by atoms with Crippen molar-refractivity contribution in [2.75, 3.05) is 30.4 Å². The highest BCUT2D eigenvalue weighted by Gasteiger charge is 2.35. The number of carbonyl (C=O) groups is 4. The number of methoxy groups -OCH3 is 1. The Morgan fingerprint density at radius 1 is 1.16 bits per heavy atom. The van der Waals surface area contributed by atoms with Gasteiger partial charge in [0.15, 0.2) is 0 Å². The lowest BCUT2D eigenvalue weighted by molar-refractivity contribution is -0.122. The molecule has 2 aromatic rings. The number of carbonyl (C=O) groups excluding carboxylic acids is 4. The predicted molar refractivity (Wildman–Crippen MR) is 115 cm³/mol. The van der Waals surface area contributed by atoms with Crippen LogP contribution in [0.15, 0.2) is 48.5 Å². The van der Waals surface area contributed by atoms with E-state index in [0.29, 0.717) is 17.1 Å². The van der Waals surface area contributed by atoms with E-state index in [1.54, 1.807) is 60.5 Å². The van der Waals surface area contributed by atoms with Crippen molar-refractivity contribution in [3.05, 3.63) is 54.1 Å². The molecule has 1 atom stereocenters. The zero-order chi connectivity index (χ0) is 22.4. The lowest BCUT2D eigenvalue weighted by Gasteiger charge is -2.18. The lowest BCUT2D eigenvalue weighted by atomic mass is 10.1. The molecule has 0 bridgehead atoms. The molecule has 1 heterocycles. The van der Waals surface area contributed by atoms with Crippen LogP contribution in [0.4, 0.5) is 11.4 Å². The summed E-state index contributed by atoms with van der Waals surface area (Å²) in [7, 11) is 1.54. The summed E-state index contributed by atoms with van der Waals surface area (Å²) in [6.07, 6.45) is 0.0839. The van der Waals surface area contributed by atoms with Gasteiger partial charge in [0.2, 0.25) is 17.7 Å². The van der Waals surface area contributed by atoms with Gasteiger partial charge in [-0.3, -0.25) is 19.2 Å². The van der Waals surface area contributed by atoms with E-state index in [-0.39, 0.29) is 43.3 Å². The number of nitrogens with two attached hydrogens (primary N) is 1. The number of ether oxygens (including phenoxy) is 1. The van der Waals surface area contributed by atoms with E-state index in [1.165, 1.54) is 0 Å². The van der Waals surface area contributed by atoms with Gasteiger partial charge in [0.1, 0.15) is 5.75 Å². The number of para-hydroxylation sites is 1. The molecule has 31 heavy (non-hydrogen) atoms. The highest BCUT2D eigenvalue weighted by Crippen LogP contribution is 2.29. The van der Waals surface area contributed by atoms with Crippen molar-refractivity contribution in [1.82, 2.24) is 5.32 Å². The molecule has 1 unspecified atom stereocenters. The SMILES string of the molecule is COc1cccc(N2CC(C(=O)Nc3ccccc3C(=O)NCCC(N)=O)CC2=O)c1. The number of benzene rings is 2. The van der Waals surface area contributed by atoms with Crippen LogP contribution in [0.25, 0.3) is 0 Å². The maximum Gasteiger partial charge on any atom is 0.253 e. The van der Waals surface area contributed by atoms with Gasteiger partial charge in [0, 0.05) is 37.7 Å². The first-order valence-corrected chi connectivity index (χ1v) is 9.80. The Morgan fingerprint density at radius 2 is 1.94 bits per heavy atom. The molecule has 1 aliphatic rings. The Morgan fingerprint density at radius 3 is 2.68 bits per heavy atom. The van der Waals surface area contributed by atoms with Gasteiger partial charge in [-0.1, -0.05) is 18.2 Å². The number of anilines is 2. The minimum atomic E-state index is -0.565. The normalized spacial score (nSPS) is 15.5. The average molecular weight is 424 g/mol. The Kier molecular flexibility index (Phi) is 6.86. The topological polar surface area (TPSA) is 131 Å². The quantitative estimate of drug-likeness (QED) is 0.588. The number of hydrogen-bond donors (Lipinski definition) is 3. The van der Waals surface area contributed by atoms with Crippen molar-refractivity contribution in [2.24, 2.45) is 11.7 Å². The first-order valence-electron chi connectivity index (χ1n) is 9.80. The first kappa shape index (κ1) is 21.8. The highest BCUT2D eigenvalue weighted by molar-refractivity contribution is 6.07. The fourth-order valence-electron chi connectivity index (χ4n) is 3.33. The number of nitrogens with one attached hydrogen (secondary N) is 2. The van der Waals surface area contributed by atoms with Crippen LogP contribution in [0.2, 0.25) is 0 Å². The van der Waals surface area contributed by atoms with Crippen LogP contribution in [-0.4, -0.2) is 43.8 Å². The molecule has 3 rings (SSSR count). The second kappa shape index (κ2) is 9.75. The Balaban J connectivity index is 1.67. The number of rotatable bonds is 8. The van der Waals surface area contributed by atoms with Gasteiger partial charge in [0.25, 0.3) is 5.91 Å². The van der Waals surface area contributed by atoms with Gasteiger partial charge in [-0.25, -0.2) is 0 Å². The number of hydrogen-bond acceptors (Lipinski definition) is 5. The molecular weight excluding hydrogens is 400 g/mol. The molecule has 1 aliphatic heterocycles. The van der Waals surface area contributed by atoms with Crippen LogP contribution >= 0.6 is 0 Å². The van der Waals surface area contributed by atoms with Gasteiger partial charge in [-0.05, 0) is 24.3 Å². The standard InChI is InChI=1S/C22H24N4O5/c1-31-16-6-4-5-15(12-16)26-13-14(11-20(26)28)21(29)25-18-8-3-2-7-17(18)22(30)24-10-9-19(23)27/h2-8,12,14H,9-11,13H2,1H3,(H2,23,27)(H,24,30)(H,25,29). The van der Waals surface area contributed by atoms with Gasteiger partial charge < -0.3 is 26.0 Å². The van der Waals surface area contributed by atoms with Crippen molar-refractivity contribution < 1.29 is 23.9 Å². The van der Waals surface area contributed by atoms with E-state index >= 15 is 0 Å². The van der Waals surface area contributed by atoms with Crippen LogP contribution in [-0.2, 0) is 14.4 Å². The summed E-state index contributed by atoms with van der Waals surface area (Å²) in [6.45, 7) is 0.327. The zero-order valence-corrected chi connectivity index (χ0v) is 17.1. The van der Waals surface area contributed by atoms with E-state index in [9.17, 15) is 19.2 Å². The van der Waals surface area contributed by atoms with Crippen LogP contribution in [0.3, 0.4) is 0 Å². The van der Waals surface area contributed by atoms with Crippen LogP contribution in [0.5, 0.6) is 5.75 Å². The number of primary amides is 1. The summed E-state index contributed by atoms with van der Waals surface area (Å²) >= 11 is 0. The molecule has 4 amide bonds. The first-order chi connectivity index (χ1) is 14.9. The monoisotopic (exact) mass is 424 g/mol. The van der Waals surface area contributed by atoms with Crippen molar-refractivity contribution >= 4 is 35.0 Å². The predicted octanol–water partition coefficient (Wildman–Crippen LogP) is 1.29. The van der Waals surface area contributed by atoms with Crippen LogP contribution < -0.4 is 26.0 Å². The van der Waals surface area contributed by atoms with Gasteiger partial charge in [-0.15, -0.1) is 0 Å². The fraction of sp³-hybridized carbons (Fsp3) is 0.273. The van der Waals surface area contributed by atoms with Crippen LogP contribution in [0.1, 0.15) is 23.2 Å². The molecule has 0 aliphatic carbocycles. The minimum Gasteiger partial charge on any atom is -0.497 e. The summed E-state index contributed by atoms with van der Waals surface area (Å²) in [5, 5.41) is 5.35. The summed E-state index contributed by atoms with van der Waals surface area (Å²) in [4.78, 5) is 50.1. The van der Waals surface area contributed by atoms with E-state index < -0.39 is 17.7 Å². The zero-order valence-electron chi connectivity index (χ0n) is 17.1. The van der Waals surface area contributed by atoms with Gasteiger partial charge >= 0.3 is 0 Å². The molecule has 0 spiro atoms. The molecular formula is C22H24N4O5. The molecule has 0 radical (unpaired) electrons. The second-order valence-electron chi connectivity index (χ2n) is 7.11. The molecule has 1 fully saturated rings. The molecule has 0 saturated carbocycles. The summed E-state index contributed by atoms with van der Waals surface area (Å²) in [6, 6.07) is 13.6. The van der Waals surface area contributed by atoms with E-state index in [4.69, 9.17) is 10.5 Å². The third-order valence-corrected chi connectivity index (χ3v) is 4.95. The molecule has 0 aromatic heterocycles.